The Morgan fingerprint density at radius 2 is 1.74 bits per heavy atom. The van der Waals surface area contributed by atoms with Crippen molar-refractivity contribution in [1.29, 1.82) is 0 Å². The second-order valence-corrected chi connectivity index (χ2v) is 5.04. The summed E-state index contributed by atoms with van der Waals surface area (Å²) in [5.41, 5.74) is 1.26. The number of aliphatic hydroxyl groups is 1. The molecule has 1 unspecified atom stereocenters. The van der Waals surface area contributed by atoms with Crippen LogP contribution in [-0.4, -0.2) is 37.3 Å². The van der Waals surface area contributed by atoms with Crippen LogP contribution in [0.25, 0.3) is 10.8 Å². The Labute approximate surface area is 121 Å². The quantitative estimate of drug-likeness (QED) is 0.908. The molecule has 0 aliphatic heterocycles. The van der Waals surface area contributed by atoms with Crippen molar-refractivity contribution in [3.05, 3.63) is 48.0 Å². The molecule has 0 aliphatic carbocycles. The van der Waals surface area contributed by atoms with E-state index >= 15 is 0 Å². The van der Waals surface area contributed by atoms with E-state index in [1.54, 1.807) is 0 Å². The molecule has 1 atom stereocenters. The van der Waals surface area contributed by atoms with Crippen LogP contribution < -0.4 is 0 Å². The van der Waals surface area contributed by atoms with Gasteiger partial charge in [-0.15, -0.1) is 12.4 Å². The fourth-order valence-electron chi connectivity index (χ4n) is 2.37. The number of rotatable bonds is 5. The predicted octanol–water partition coefficient (Wildman–Crippen LogP) is 3.29. The highest BCUT2D eigenvalue weighted by atomic mass is 35.5. The molecule has 2 aromatic carbocycles. The minimum atomic E-state index is 0. The van der Waals surface area contributed by atoms with Gasteiger partial charge < -0.3 is 10.0 Å². The first-order valence-electron chi connectivity index (χ1n) is 6.45. The van der Waals surface area contributed by atoms with Crippen molar-refractivity contribution < 1.29 is 5.11 Å². The van der Waals surface area contributed by atoms with E-state index in [4.69, 9.17) is 0 Å². The van der Waals surface area contributed by atoms with Crippen molar-refractivity contribution in [3.8, 4) is 0 Å². The van der Waals surface area contributed by atoms with Gasteiger partial charge in [0.1, 0.15) is 0 Å². The summed E-state index contributed by atoms with van der Waals surface area (Å²) in [6.45, 7) is 1.20. The Kier molecular flexibility index (Phi) is 6.29. The lowest BCUT2D eigenvalue weighted by Crippen LogP contribution is -2.17. The van der Waals surface area contributed by atoms with Crippen LogP contribution in [0.15, 0.2) is 42.5 Å². The number of nitrogens with zero attached hydrogens (tertiary/aromatic N) is 1. The van der Waals surface area contributed by atoms with E-state index in [2.05, 4.69) is 61.5 Å². The van der Waals surface area contributed by atoms with Gasteiger partial charge in [0.05, 0.1) is 0 Å². The van der Waals surface area contributed by atoms with Crippen molar-refractivity contribution in [2.24, 2.45) is 0 Å². The normalized spacial score (nSPS) is 12.4. The lowest BCUT2D eigenvalue weighted by atomic mass is 9.91. The molecule has 0 aliphatic rings. The van der Waals surface area contributed by atoms with Crippen molar-refractivity contribution in [1.82, 2.24) is 4.90 Å². The molecule has 0 saturated heterocycles. The SMILES string of the molecule is CN(C)CCC(CO)c1cccc2ccccc12.Cl. The number of hydrogen-bond acceptors (Lipinski definition) is 2. The van der Waals surface area contributed by atoms with Crippen LogP contribution >= 0.6 is 12.4 Å². The maximum atomic E-state index is 9.63. The van der Waals surface area contributed by atoms with Gasteiger partial charge in [0, 0.05) is 12.5 Å². The molecule has 0 fully saturated rings. The average molecular weight is 280 g/mol. The van der Waals surface area contributed by atoms with E-state index < -0.39 is 0 Å². The smallest absolute Gasteiger partial charge is 0.0500 e. The summed E-state index contributed by atoms with van der Waals surface area (Å²) in [6, 6.07) is 14.7. The lowest BCUT2D eigenvalue weighted by molar-refractivity contribution is 0.248. The Hall–Kier alpha value is -1.09. The summed E-state index contributed by atoms with van der Waals surface area (Å²) >= 11 is 0. The Balaban J connectivity index is 0.00000180. The van der Waals surface area contributed by atoms with E-state index in [1.807, 2.05) is 0 Å². The van der Waals surface area contributed by atoms with Gasteiger partial charge in [-0.3, -0.25) is 0 Å². The Morgan fingerprint density at radius 3 is 2.42 bits per heavy atom. The molecule has 1 N–H and O–H groups in total. The van der Waals surface area contributed by atoms with Crippen molar-refractivity contribution in [3.63, 3.8) is 0 Å². The molecule has 104 valence electrons. The maximum absolute atomic E-state index is 9.63. The van der Waals surface area contributed by atoms with Crippen LogP contribution in [0.1, 0.15) is 17.9 Å². The molecule has 2 aromatic rings. The van der Waals surface area contributed by atoms with Gasteiger partial charge in [-0.05, 0) is 43.4 Å². The highest BCUT2D eigenvalue weighted by Gasteiger charge is 2.13. The largest absolute Gasteiger partial charge is 0.396 e. The molecular weight excluding hydrogens is 258 g/mol. The summed E-state index contributed by atoms with van der Waals surface area (Å²) in [6.07, 6.45) is 0.984. The standard InChI is InChI=1S/C16H21NO.ClH/c1-17(2)11-10-14(12-18)16-9-5-7-13-6-3-4-8-15(13)16;/h3-9,14,18H,10-12H2,1-2H3;1H. The summed E-state index contributed by atoms with van der Waals surface area (Å²) in [5.74, 6) is 0.221. The van der Waals surface area contributed by atoms with Crippen LogP contribution in [-0.2, 0) is 0 Å². The molecule has 19 heavy (non-hydrogen) atoms. The molecule has 0 bridgehead atoms. The van der Waals surface area contributed by atoms with Crippen molar-refractivity contribution in [2.45, 2.75) is 12.3 Å². The maximum Gasteiger partial charge on any atom is 0.0500 e. The molecule has 0 radical (unpaired) electrons. The van der Waals surface area contributed by atoms with Gasteiger partial charge in [-0.2, -0.15) is 0 Å². The Bertz CT molecular complexity index is 508. The third-order valence-electron chi connectivity index (χ3n) is 3.41. The predicted molar refractivity (Wildman–Crippen MR) is 84.2 cm³/mol. The monoisotopic (exact) mass is 279 g/mol. The summed E-state index contributed by atoms with van der Waals surface area (Å²) in [7, 11) is 4.13. The molecule has 0 spiro atoms. The van der Waals surface area contributed by atoms with Crippen LogP contribution in [0.2, 0.25) is 0 Å². The molecule has 2 rings (SSSR count). The number of benzene rings is 2. The lowest BCUT2D eigenvalue weighted by Gasteiger charge is -2.19. The second kappa shape index (κ2) is 7.49. The molecular formula is C16H22ClNO. The minimum Gasteiger partial charge on any atom is -0.396 e. The zero-order valence-electron chi connectivity index (χ0n) is 11.5. The van der Waals surface area contributed by atoms with Crippen LogP contribution in [0, 0.1) is 0 Å². The minimum absolute atomic E-state index is 0. The first-order valence-corrected chi connectivity index (χ1v) is 6.45. The number of hydrogen-bond donors (Lipinski definition) is 1. The zero-order chi connectivity index (χ0) is 13.0. The van der Waals surface area contributed by atoms with Crippen LogP contribution in [0.4, 0.5) is 0 Å². The summed E-state index contributed by atoms with van der Waals surface area (Å²) < 4.78 is 0. The molecule has 0 heterocycles. The molecule has 2 nitrogen and oxygen atoms in total. The van der Waals surface area contributed by atoms with Gasteiger partial charge >= 0.3 is 0 Å². The molecule has 0 amide bonds. The molecule has 0 saturated carbocycles. The molecule has 3 heteroatoms. The fourth-order valence-corrected chi connectivity index (χ4v) is 2.37. The Morgan fingerprint density at radius 1 is 1.05 bits per heavy atom. The van der Waals surface area contributed by atoms with Crippen molar-refractivity contribution in [2.75, 3.05) is 27.2 Å². The third-order valence-corrected chi connectivity index (χ3v) is 3.41. The zero-order valence-corrected chi connectivity index (χ0v) is 12.4. The number of aliphatic hydroxyl groups excluding tert-OH is 1. The van der Waals surface area contributed by atoms with Crippen LogP contribution in [0.3, 0.4) is 0 Å². The van der Waals surface area contributed by atoms with Crippen LogP contribution in [0.5, 0.6) is 0 Å². The summed E-state index contributed by atoms with van der Waals surface area (Å²) in [5, 5.41) is 12.1. The first kappa shape index (κ1) is 16.0. The van der Waals surface area contributed by atoms with Gasteiger partial charge in [-0.1, -0.05) is 42.5 Å². The third kappa shape index (κ3) is 3.93. The van der Waals surface area contributed by atoms with E-state index in [1.165, 1.54) is 16.3 Å². The second-order valence-electron chi connectivity index (χ2n) is 5.04. The first-order chi connectivity index (χ1) is 8.72. The van der Waals surface area contributed by atoms with E-state index in [0.29, 0.717) is 0 Å². The van der Waals surface area contributed by atoms with Gasteiger partial charge in [0.25, 0.3) is 0 Å². The number of halogens is 1. The molecule has 0 aromatic heterocycles. The topological polar surface area (TPSA) is 23.5 Å². The fraction of sp³-hybridized carbons (Fsp3) is 0.375. The highest BCUT2D eigenvalue weighted by molar-refractivity contribution is 5.86. The van der Waals surface area contributed by atoms with E-state index in [0.717, 1.165) is 13.0 Å². The average Bonchev–Trinajstić information content (AvgIpc) is 2.39. The van der Waals surface area contributed by atoms with Gasteiger partial charge in [0.2, 0.25) is 0 Å². The van der Waals surface area contributed by atoms with Gasteiger partial charge in [-0.25, -0.2) is 0 Å². The highest BCUT2D eigenvalue weighted by Crippen LogP contribution is 2.27. The van der Waals surface area contributed by atoms with Crippen molar-refractivity contribution >= 4 is 23.2 Å². The van der Waals surface area contributed by atoms with E-state index in [-0.39, 0.29) is 24.9 Å². The summed E-state index contributed by atoms with van der Waals surface area (Å²) in [4.78, 5) is 2.16. The van der Waals surface area contributed by atoms with E-state index in [9.17, 15) is 5.11 Å². The van der Waals surface area contributed by atoms with Gasteiger partial charge in [0.15, 0.2) is 0 Å². The number of fused-ring (bicyclic) bond motifs is 1.